The lowest BCUT2D eigenvalue weighted by Gasteiger charge is -2.13. The fraction of sp³-hybridized carbons (Fsp3) is 0.0556. The molecule has 2 N–H and O–H groups in total. The van der Waals surface area contributed by atoms with Crippen LogP contribution in [0.15, 0.2) is 60.8 Å². The SMILES string of the molecule is Cc1nccc(-c2ccc(O)cc2)c1-c1ccc(O)cc1. The van der Waals surface area contributed by atoms with E-state index in [1.807, 2.05) is 37.3 Å². The normalized spacial score (nSPS) is 10.5. The highest BCUT2D eigenvalue weighted by atomic mass is 16.3. The number of rotatable bonds is 2. The van der Waals surface area contributed by atoms with E-state index in [2.05, 4.69) is 4.98 Å². The van der Waals surface area contributed by atoms with E-state index in [1.165, 1.54) is 0 Å². The summed E-state index contributed by atoms with van der Waals surface area (Å²) >= 11 is 0. The summed E-state index contributed by atoms with van der Waals surface area (Å²) in [5.41, 5.74) is 5.02. The van der Waals surface area contributed by atoms with Gasteiger partial charge < -0.3 is 10.2 Å². The molecule has 1 heterocycles. The Labute approximate surface area is 123 Å². The van der Waals surface area contributed by atoms with E-state index in [1.54, 1.807) is 30.5 Å². The highest BCUT2D eigenvalue weighted by molar-refractivity contribution is 5.84. The molecular formula is C18H15NO2. The fourth-order valence-electron chi connectivity index (χ4n) is 2.44. The van der Waals surface area contributed by atoms with Gasteiger partial charge in [0, 0.05) is 17.5 Å². The summed E-state index contributed by atoms with van der Waals surface area (Å²) in [6.07, 6.45) is 1.78. The molecule has 2 aromatic carbocycles. The standard InChI is InChI=1S/C18H15NO2/c1-12-18(14-4-8-16(21)9-5-14)17(10-11-19-12)13-2-6-15(20)7-3-13/h2-11,20-21H,1H3. The van der Waals surface area contributed by atoms with Crippen LogP contribution in [0, 0.1) is 6.92 Å². The number of aryl methyl sites for hydroxylation is 1. The first-order chi connectivity index (χ1) is 10.1. The van der Waals surface area contributed by atoms with Crippen LogP contribution in [0.3, 0.4) is 0 Å². The van der Waals surface area contributed by atoms with Crippen molar-refractivity contribution in [1.82, 2.24) is 4.98 Å². The van der Waals surface area contributed by atoms with E-state index < -0.39 is 0 Å². The topological polar surface area (TPSA) is 53.4 Å². The highest BCUT2D eigenvalue weighted by Crippen LogP contribution is 2.34. The summed E-state index contributed by atoms with van der Waals surface area (Å²) in [5, 5.41) is 18.9. The quantitative estimate of drug-likeness (QED) is 0.740. The van der Waals surface area contributed by atoms with E-state index in [-0.39, 0.29) is 11.5 Å². The molecule has 0 spiro atoms. The predicted molar refractivity (Wildman–Crippen MR) is 83.2 cm³/mol. The van der Waals surface area contributed by atoms with Crippen molar-refractivity contribution in [3.63, 3.8) is 0 Å². The van der Waals surface area contributed by atoms with E-state index in [4.69, 9.17) is 0 Å². The zero-order valence-electron chi connectivity index (χ0n) is 11.6. The smallest absolute Gasteiger partial charge is 0.115 e. The van der Waals surface area contributed by atoms with Gasteiger partial charge in [-0.1, -0.05) is 24.3 Å². The lowest BCUT2D eigenvalue weighted by atomic mass is 9.94. The minimum absolute atomic E-state index is 0.242. The number of phenolic OH excluding ortho intramolecular Hbond substituents is 2. The van der Waals surface area contributed by atoms with Gasteiger partial charge in [0.15, 0.2) is 0 Å². The number of phenols is 2. The summed E-state index contributed by atoms with van der Waals surface area (Å²) < 4.78 is 0. The Morgan fingerprint density at radius 3 is 1.81 bits per heavy atom. The average Bonchev–Trinajstić information content (AvgIpc) is 2.49. The van der Waals surface area contributed by atoms with E-state index in [0.717, 1.165) is 27.9 Å². The molecule has 21 heavy (non-hydrogen) atoms. The molecule has 0 aliphatic rings. The Morgan fingerprint density at radius 1 is 0.714 bits per heavy atom. The number of nitrogens with zero attached hydrogens (tertiary/aromatic N) is 1. The summed E-state index contributed by atoms with van der Waals surface area (Å²) in [7, 11) is 0. The lowest BCUT2D eigenvalue weighted by molar-refractivity contribution is 0.475. The summed E-state index contributed by atoms with van der Waals surface area (Å²) in [4.78, 5) is 4.37. The Morgan fingerprint density at radius 2 is 1.24 bits per heavy atom. The Bertz CT molecular complexity index is 762. The number of benzene rings is 2. The first-order valence-electron chi connectivity index (χ1n) is 6.69. The van der Waals surface area contributed by atoms with Gasteiger partial charge in [-0.3, -0.25) is 4.98 Å². The van der Waals surface area contributed by atoms with Gasteiger partial charge in [0.1, 0.15) is 11.5 Å². The van der Waals surface area contributed by atoms with Crippen LogP contribution in [-0.4, -0.2) is 15.2 Å². The largest absolute Gasteiger partial charge is 0.508 e. The van der Waals surface area contributed by atoms with Crippen LogP contribution >= 0.6 is 0 Å². The molecule has 3 nitrogen and oxygen atoms in total. The zero-order valence-corrected chi connectivity index (χ0v) is 11.6. The molecule has 0 radical (unpaired) electrons. The third-order valence-corrected chi connectivity index (χ3v) is 3.47. The van der Waals surface area contributed by atoms with Crippen molar-refractivity contribution in [3.8, 4) is 33.8 Å². The molecule has 1 aromatic heterocycles. The maximum absolute atomic E-state index is 9.45. The molecule has 0 fully saturated rings. The maximum atomic E-state index is 9.45. The summed E-state index contributed by atoms with van der Waals surface area (Å²) in [6, 6.07) is 16.2. The summed E-state index contributed by atoms with van der Waals surface area (Å²) in [5.74, 6) is 0.488. The second-order valence-electron chi connectivity index (χ2n) is 4.91. The average molecular weight is 277 g/mol. The number of pyridine rings is 1. The van der Waals surface area contributed by atoms with Crippen molar-refractivity contribution in [1.29, 1.82) is 0 Å². The highest BCUT2D eigenvalue weighted by Gasteiger charge is 2.11. The van der Waals surface area contributed by atoms with Gasteiger partial charge in [-0.05, 0) is 53.9 Å². The van der Waals surface area contributed by atoms with Crippen LogP contribution in [-0.2, 0) is 0 Å². The van der Waals surface area contributed by atoms with Crippen molar-refractivity contribution in [2.45, 2.75) is 6.92 Å². The van der Waals surface area contributed by atoms with E-state index >= 15 is 0 Å². The molecule has 3 aromatic rings. The molecule has 3 heteroatoms. The monoisotopic (exact) mass is 277 g/mol. The van der Waals surface area contributed by atoms with Gasteiger partial charge in [-0.15, -0.1) is 0 Å². The molecule has 0 saturated carbocycles. The number of aromatic nitrogens is 1. The van der Waals surface area contributed by atoms with E-state index in [0.29, 0.717) is 0 Å². The van der Waals surface area contributed by atoms with Crippen LogP contribution in [0.2, 0.25) is 0 Å². The molecule has 0 amide bonds. The van der Waals surface area contributed by atoms with Crippen LogP contribution in [0.4, 0.5) is 0 Å². The molecule has 0 saturated heterocycles. The third kappa shape index (κ3) is 2.58. The number of hydrogen-bond donors (Lipinski definition) is 2. The van der Waals surface area contributed by atoms with E-state index in [9.17, 15) is 10.2 Å². The molecule has 0 bridgehead atoms. The Balaban J connectivity index is 2.20. The van der Waals surface area contributed by atoms with Crippen molar-refractivity contribution >= 4 is 0 Å². The van der Waals surface area contributed by atoms with Gasteiger partial charge in [0.05, 0.1) is 0 Å². The third-order valence-electron chi connectivity index (χ3n) is 3.47. The zero-order chi connectivity index (χ0) is 14.8. The number of aromatic hydroxyl groups is 2. The minimum atomic E-state index is 0.242. The first-order valence-corrected chi connectivity index (χ1v) is 6.69. The van der Waals surface area contributed by atoms with Crippen molar-refractivity contribution in [2.75, 3.05) is 0 Å². The van der Waals surface area contributed by atoms with Gasteiger partial charge in [-0.2, -0.15) is 0 Å². The van der Waals surface area contributed by atoms with Gasteiger partial charge in [0.25, 0.3) is 0 Å². The molecule has 0 unspecified atom stereocenters. The Kier molecular flexibility index (Phi) is 3.32. The maximum Gasteiger partial charge on any atom is 0.115 e. The van der Waals surface area contributed by atoms with Gasteiger partial charge >= 0.3 is 0 Å². The molecule has 104 valence electrons. The fourth-order valence-corrected chi connectivity index (χ4v) is 2.44. The van der Waals surface area contributed by atoms with Crippen LogP contribution in [0.1, 0.15) is 5.69 Å². The second kappa shape index (κ2) is 5.29. The number of hydrogen-bond acceptors (Lipinski definition) is 3. The molecule has 3 rings (SSSR count). The summed E-state index contributed by atoms with van der Waals surface area (Å²) in [6.45, 7) is 1.96. The van der Waals surface area contributed by atoms with Crippen molar-refractivity contribution in [2.24, 2.45) is 0 Å². The van der Waals surface area contributed by atoms with Crippen molar-refractivity contribution < 1.29 is 10.2 Å². The molecule has 0 aliphatic heterocycles. The van der Waals surface area contributed by atoms with Crippen LogP contribution < -0.4 is 0 Å². The molecule has 0 aliphatic carbocycles. The molecule has 0 atom stereocenters. The first kappa shape index (κ1) is 13.2. The van der Waals surface area contributed by atoms with Crippen molar-refractivity contribution in [3.05, 3.63) is 66.5 Å². The predicted octanol–water partition coefficient (Wildman–Crippen LogP) is 4.14. The minimum Gasteiger partial charge on any atom is -0.508 e. The van der Waals surface area contributed by atoms with Crippen LogP contribution in [0.25, 0.3) is 22.3 Å². The van der Waals surface area contributed by atoms with Gasteiger partial charge in [0.2, 0.25) is 0 Å². The lowest BCUT2D eigenvalue weighted by Crippen LogP contribution is -1.92. The van der Waals surface area contributed by atoms with Gasteiger partial charge in [-0.25, -0.2) is 0 Å². The Hall–Kier alpha value is -2.81. The second-order valence-corrected chi connectivity index (χ2v) is 4.91. The van der Waals surface area contributed by atoms with Crippen LogP contribution in [0.5, 0.6) is 11.5 Å². The molecular weight excluding hydrogens is 262 g/mol.